The first-order chi connectivity index (χ1) is 13.9. The lowest BCUT2D eigenvalue weighted by molar-refractivity contribution is -0.130. The van der Waals surface area contributed by atoms with Crippen molar-refractivity contribution in [1.82, 2.24) is 20.2 Å². The van der Waals surface area contributed by atoms with E-state index >= 15 is 0 Å². The first-order valence-electron chi connectivity index (χ1n) is 9.12. The van der Waals surface area contributed by atoms with E-state index in [-0.39, 0.29) is 17.8 Å². The van der Waals surface area contributed by atoms with Gasteiger partial charge in [-0.25, -0.2) is 19.2 Å². The van der Waals surface area contributed by atoms with Gasteiger partial charge < -0.3 is 5.32 Å². The molecule has 3 heterocycles. The number of aromatic nitrogens is 2. The first-order valence-corrected chi connectivity index (χ1v) is 11.0. The van der Waals surface area contributed by atoms with Crippen molar-refractivity contribution in [2.24, 2.45) is 0 Å². The number of hydrogen-bond donors (Lipinski definition) is 1. The zero-order chi connectivity index (χ0) is 20.6. The summed E-state index contributed by atoms with van der Waals surface area (Å²) in [7, 11) is 0. The van der Waals surface area contributed by atoms with Crippen LogP contribution in [0.2, 0.25) is 0 Å². The molecule has 6 nitrogen and oxygen atoms in total. The molecule has 2 aromatic heterocycles. The number of urea groups is 1. The third-order valence-corrected chi connectivity index (χ3v) is 6.66. The zero-order valence-corrected chi connectivity index (χ0v) is 17.6. The number of thioether (sulfide) groups is 1. The van der Waals surface area contributed by atoms with Gasteiger partial charge in [-0.3, -0.25) is 9.69 Å². The summed E-state index contributed by atoms with van der Waals surface area (Å²) in [4.78, 5) is 35.1. The van der Waals surface area contributed by atoms with Crippen LogP contribution in [0.3, 0.4) is 0 Å². The van der Waals surface area contributed by atoms with Gasteiger partial charge in [0.15, 0.2) is 0 Å². The highest BCUT2D eigenvalue weighted by atomic mass is 32.2. The summed E-state index contributed by atoms with van der Waals surface area (Å²) in [5, 5.41) is 6.48. The summed E-state index contributed by atoms with van der Waals surface area (Å²) in [6.45, 7) is 3.77. The van der Waals surface area contributed by atoms with Crippen molar-refractivity contribution < 1.29 is 14.0 Å². The molecule has 9 heteroatoms. The third kappa shape index (κ3) is 3.84. The minimum atomic E-state index is -0.843. The second-order valence-electron chi connectivity index (χ2n) is 7.23. The molecular formula is C20H19FN4O2S2. The summed E-state index contributed by atoms with van der Waals surface area (Å²) < 4.78 is 13.3. The lowest BCUT2D eigenvalue weighted by Gasteiger charge is -2.15. The Morgan fingerprint density at radius 2 is 1.97 bits per heavy atom. The molecule has 150 valence electrons. The van der Waals surface area contributed by atoms with Crippen LogP contribution in [0.1, 0.15) is 20.3 Å². The maximum absolute atomic E-state index is 13.3. The van der Waals surface area contributed by atoms with E-state index in [0.29, 0.717) is 18.7 Å². The van der Waals surface area contributed by atoms with E-state index in [1.165, 1.54) is 34.7 Å². The van der Waals surface area contributed by atoms with Crippen LogP contribution in [-0.4, -0.2) is 44.6 Å². The van der Waals surface area contributed by atoms with Crippen LogP contribution >= 0.6 is 23.1 Å². The van der Waals surface area contributed by atoms with Crippen molar-refractivity contribution in [1.29, 1.82) is 0 Å². The molecule has 4 rings (SSSR count). The number of benzene rings is 1. The highest BCUT2D eigenvalue weighted by Crippen LogP contribution is 2.38. The SMILES string of the molecule is CC1(C)NC(=O)N(CCCSc2ncnc3scc(-c4ccc(F)cc4)c23)C1=O. The van der Waals surface area contributed by atoms with Crippen LogP contribution in [0.5, 0.6) is 0 Å². The van der Waals surface area contributed by atoms with Gasteiger partial charge >= 0.3 is 6.03 Å². The molecule has 1 aromatic carbocycles. The lowest BCUT2D eigenvalue weighted by Crippen LogP contribution is -2.40. The second-order valence-corrected chi connectivity index (χ2v) is 9.17. The Kier molecular flexibility index (Phi) is 5.26. The van der Waals surface area contributed by atoms with E-state index in [4.69, 9.17) is 0 Å². The molecule has 0 radical (unpaired) electrons. The molecule has 1 saturated heterocycles. The molecule has 0 bridgehead atoms. The van der Waals surface area contributed by atoms with Gasteiger partial charge in [-0.05, 0) is 38.0 Å². The largest absolute Gasteiger partial charge is 0.325 e. The summed E-state index contributed by atoms with van der Waals surface area (Å²) in [5.74, 6) is 0.221. The second kappa shape index (κ2) is 7.72. The van der Waals surface area contributed by atoms with Gasteiger partial charge in [-0.2, -0.15) is 0 Å². The van der Waals surface area contributed by atoms with Crippen LogP contribution in [-0.2, 0) is 4.79 Å². The van der Waals surface area contributed by atoms with Crippen LogP contribution < -0.4 is 5.32 Å². The van der Waals surface area contributed by atoms with E-state index in [0.717, 1.165) is 26.4 Å². The van der Waals surface area contributed by atoms with Crippen molar-refractivity contribution in [2.75, 3.05) is 12.3 Å². The lowest BCUT2D eigenvalue weighted by atomic mass is 10.1. The predicted octanol–water partition coefficient (Wildman–Crippen LogP) is 4.31. The van der Waals surface area contributed by atoms with Crippen molar-refractivity contribution >= 4 is 45.3 Å². The average Bonchev–Trinajstić information content (AvgIpc) is 3.20. The number of fused-ring (bicyclic) bond motifs is 1. The molecule has 1 aliphatic rings. The van der Waals surface area contributed by atoms with Gasteiger partial charge in [0.05, 0.1) is 5.39 Å². The minimum Gasteiger partial charge on any atom is -0.324 e. The molecule has 0 atom stereocenters. The van der Waals surface area contributed by atoms with E-state index in [2.05, 4.69) is 15.3 Å². The number of imide groups is 1. The molecule has 3 amide bonds. The monoisotopic (exact) mass is 430 g/mol. The van der Waals surface area contributed by atoms with Gasteiger partial charge in [-0.1, -0.05) is 12.1 Å². The fourth-order valence-corrected chi connectivity index (χ4v) is 5.13. The summed E-state index contributed by atoms with van der Waals surface area (Å²) >= 11 is 3.09. The predicted molar refractivity (Wildman–Crippen MR) is 112 cm³/mol. The smallest absolute Gasteiger partial charge is 0.324 e. The molecule has 0 aliphatic carbocycles. The quantitative estimate of drug-likeness (QED) is 0.273. The normalized spacial score (nSPS) is 15.9. The van der Waals surface area contributed by atoms with Gasteiger partial charge in [0.25, 0.3) is 5.91 Å². The summed E-state index contributed by atoms with van der Waals surface area (Å²) in [6.07, 6.45) is 2.19. The van der Waals surface area contributed by atoms with Crippen LogP contribution in [0.4, 0.5) is 9.18 Å². The first kappa shape index (κ1) is 19.8. The van der Waals surface area contributed by atoms with Crippen LogP contribution in [0.15, 0.2) is 41.0 Å². The molecule has 0 saturated carbocycles. The molecule has 1 aliphatic heterocycles. The van der Waals surface area contributed by atoms with E-state index in [1.807, 2.05) is 5.38 Å². The van der Waals surface area contributed by atoms with Crippen molar-refractivity contribution in [2.45, 2.75) is 30.8 Å². The minimum absolute atomic E-state index is 0.201. The number of amides is 3. The fourth-order valence-electron chi connectivity index (χ4n) is 3.21. The van der Waals surface area contributed by atoms with Gasteiger partial charge in [0, 0.05) is 23.2 Å². The maximum atomic E-state index is 13.3. The van der Waals surface area contributed by atoms with Crippen LogP contribution in [0, 0.1) is 5.82 Å². The number of nitrogens with one attached hydrogen (secondary N) is 1. The Balaban J connectivity index is 1.48. The van der Waals surface area contributed by atoms with Gasteiger partial charge in [0.2, 0.25) is 0 Å². The number of rotatable bonds is 6. The molecule has 0 unspecified atom stereocenters. The highest BCUT2D eigenvalue weighted by Gasteiger charge is 2.43. The Morgan fingerprint density at radius 3 is 2.66 bits per heavy atom. The number of carbonyl (C=O) groups excluding carboxylic acids is 2. The standard InChI is InChI=1S/C20H19FN4O2S2/c1-20(2)18(26)25(19(27)24-20)8-3-9-28-16-15-14(10-29-17(15)23-11-22-16)12-4-6-13(21)7-5-12/h4-7,10-11H,3,8-9H2,1-2H3,(H,24,27). The Hall–Kier alpha value is -2.52. The molecule has 29 heavy (non-hydrogen) atoms. The highest BCUT2D eigenvalue weighted by molar-refractivity contribution is 7.99. The number of halogens is 1. The van der Waals surface area contributed by atoms with E-state index in [1.54, 1.807) is 37.7 Å². The van der Waals surface area contributed by atoms with Crippen molar-refractivity contribution in [3.05, 3.63) is 41.8 Å². The maximum Gasteiger partial charge on any atom is 0.325 e. The fraction of sp³-hybridized carbons (Fsp3) is 0.300. The molecule has 3 aromatic rings. The number of carbonyl (C=O) groups is 2. The van der Waals surface area contributed by atoms with Gasteiger partial charge in [-0.15, -0.1) is 23.1 Å². The Labute approximate surface area is 175 Å². The number of nitrogens with zero attached hydrogens (tertiary/aromatic N) is 3. The topological polar surface area (TPSA) is 75.2 Å². The van der Waals surface area contributed by atoms with Gasteiger partial charge in [0.1, 0.15) is 27.5 Å². The summed E-state index contributed by atoms with van der Waals surface area (Å²) in [6, 6.07) is 6.03. The third-order valence-electron chi connectivity index (χ3n) is 4.70. The average molecular weight is 431 g/mol. The Morgan fingerprint density at radius 1 is 1.21 bits per heavy atom. The number of hydrogen-bond acceptors (Lipinski definition) is 6. The van der Waals surface area contributed by atoms with E-state index < -0.39 is 5.54 Å². The van der Waals surface area contributed by atoms with E-state index in [9.17, 15) is 14.0 Å². The molecular weight excluding hydrogens is 411 g/mol. The van der Waals surface area contributed by atoms with Crippen molar-refractivity contribution in [3.8, 4) is 11.1 Å². The molecule has 0 spiro atoms. The van der Waals surface area contributed by atoms with Crippen molar-refractivity contribution in [3.63, 3.8) is 0 Å². The Bertz CT molecular complexity index is 1080. The molecule has 1 fully saturated rings. The summed E-state index contributed by atoms with van der Waals surface area (Å²) in [5.41, 5.74) is 1.05. The number of thiophene rings is 1. The molecule has 1 N–H and O–H groups in total. The van der Waals surface area contributed by atoms with Crippen LogP contribution in [0.25, 0.3) is 21.3 Å². The zero-order valence-electron chi connectivity index (χ0n) is 15.9.